The largest absolute Gasteiger partial charge is 0.480 e. The van der Waals surface area contributed by atoms with Crippen molar-refractivity contribution in [3.63, 3.8) is 0 Å². The van der Waals surface area contributed by atoms with E-state index < -0.39 is 63.8 Å². The summed E-state index contributed by atoms with van der Waals surface area (Å²) in [5, 5.41) is 19.1. The standard InChI is InChI=1S/C42H72NO11P/c1-3-5-7-9-11-13-15-17-19-21-23-25-27-30-37(44)31-29-33-40(45)51-34-38(35-52-55(49,50)53-36-39(43)42(47)48)54-41(46)32-28-26-24-22-20-18-16-14-12-10-8-6-4-2/h5,7,11,13,17,19,23,25,27,30,37-39,44H,3-4,6,8-10,12,14-16,18,20-22,24,26,28-29,31-36,43H2,1-2H3,(H,47,48)(H,49,50)/b7-5-,13-11-,19-17-,25-23-,30-27+/t37?,38-,39+/m1/s1. The van der Waals surface area contributed by atoms with Gasteiger partial charge in [-0.25, -0.2) is 4.57 Å². The molecular weight excluding hydrogens is 725 g/mol. The minimum atomic E-state index is -4.76. The average Bonchev–Trinajstić information content (AvgIpc) is 3.15. The number of carboxylic acids is 1. The summed E-state index contributed by atoms with van der Waals surface area (Å²) in [4.78, 5) is 45.9. The lowest BCUT2D eigenvalue weighted by Gasteiger charge is -2.20. The smallest absolute Gasteiger partial charge is 0.472 e. The molecule has 4 atom stereocenters. The van der Waals surface area contributed by atoms with Crippen molar-refractivity contribution in [1.29, 1.82) is 0 Å². The van der Waals surface area contributed by atoms with Crippen LogP contribution in [0.15, 0.2) is 60.8 Å². The Bertz CT molecular complexity index is 1180. The third-order valence-electron chi connectivity index (χ3n) is 8.38. The Kier molecular flexibility index (Phi) is 34.8. The van der Waals surface area contributed by atoms with E-state index in [1.54, 1.807) is 12.2 Å². The van der Waals surface area contributed by atoms with E-state index in [1.807, 2.05) is 12.2 Å². The number of unbranched alkanes of at least 4 members (excludes halogenated alkanes) is 12. The summed E-state index contributed by atoms with van der Waals surface area (Å²) in [6.45, 7) is 2.47. The number of phosphoric acid groups is 1. The van der Waals surface area contributed by atoms with Crippen molar-refractivity contribution >= 4 is 25.7 Å². The average molecular weight is 798 g/mol. The van der Waals surface area contributed by atoms with Crippen LogP contribution in [-0.4, -0.2) is 71.1 Å². The van der Waals surface area contributed by atoms with Crippen molar-refractivity contribution < 1.29 is 52.6 Å². The first kappa shape index (κ1) is 52.1. The zero-order valence-electron chi connectivity index (χ0n) is 33.6. The van der Waals surface area contributed by atoms with Crippen LogP contribution in [0.25, 0.3) is 0 Å². The second-order valence-electron chi connectivity index (χ2n) is 13.6. The number of esters is 2. The van der Waals surface area contributed by atoms with Gasteiger partial charge in [0.1, 0.15) is 12.6 Å². The molecule has 0 bridgehead atoms. The number of aliphatic hydroxyl groups is 1. The number of hydrogen-bond donors (Lipinski definition) is 4. The minimum Gasteiger partial charge on any atom is -0.480 e. The van der Waals surface area contributed by atoms with Crippen LogP contribution >= 0.6 is 7.82 Å². The number of carbonyl (C=O) groups is 3. The number of phosphoric ester groups is 1. The van der Waals surface area contributed by atoms with E-state index in [2.05, 4.69) is 54.8 Å². The van der Waals surface area contributed by atoms with E-state index in [0.717, 1.165) is 44.9 Å². The quantitative estimate of drug-likeness (QED) is 0.0153. The SMILES string of the molecule is CC/C=C\C/C=C\C/C=C\C/C=C\C=C\C(O)CCCC(=O)OC[C@H](COP(=O)(O)OC[C@H](N)C(=O)O)OC(=O)CCCCCCCCCCCCCCC. The van der Waals surface area contributed by atoms with Gasteiger partial charge in [0.25, 0.3) is 0 Å². The van der Waals surface area contributed by atoms with E-state index in [-0.39, 0.29) is 12.8 Å². The summed E-state index contributed by atoms with van der Waals surface area (Å²) in [5.74, 6) is -2.61. The van der Waals surface area contributed by atoms with Crippen LogP contribution in [0.1, 0.15) is 149 Å². The number of rotatable bonds is 37. The van der Waals surface area contributed by atoms with Gasteiger partial charge in [-0.05, 0) is 44.9 Å². The topological polar surface area (TPSA) is 192 Å². The van der Waals surface area contributed by atoms with Gasteiger partial charge >= 0.3 is 25.7 Å². The summed E-state index contributed by atoms with van der Waals surface area (Å²) < 4.78 is 32.5. The highest BCUT2D eigenvalue weighted by Crippen LogP contribution is 2.43. The van der Waals surface area contributed by atoms with E-state index >= 15 is 0 Å². The maximum Gasteiger partial charge on any atom is 0.472 e. The minimum absolute atomic E-state index is 0.00989. The molecule has 0 aliphatic rings. The van der Waals surface area contributed by atoms with Crippen molar-refractivity contribution in [3.8, 4) is 0 Å². The molecule has 0 spiro atoms. The fourth-order valence-electron chi connectivity index (χ4n) is 5.15. The highest BCUT2D eigenvalue weighted by Gasteiger charge is 2.28. The van der Waals surface area contributed by atoms with Gasteiger partial charge in [-0.2, -0.15) is 0 Å². The molecule has 0 aromatic carbocycles. The predicted octanol–water partition coefficient (Wildman–Crippen LogP) is 9.36. The Morgan fingerprint density at radius 2 is 1.16 bits per heavy atom. The molecule has 55 heavy (non-hydrogen) atoms. The Hall–Kier alpha value is -2.86. The summed E-state index contributed by atoms with van der Waals surface area (Å²) in [6.07, 6.45) is 37.5. The number of nitrogens with two attached hydrogens (primary N) is 1. The molecular formula is C42H72NO11P. The fourth-order valence-corrected chi connectivity index (χ4v) is 5.93. The zero-order valence-corrected chi connectivity index (χ0v) is 34.5. The second-order valence-corrected chi connectivity index (χ2v) is 15.0. The van der Waals surface area contributed by atoms with Crippen LogP contribution < -0.4 is 5.73 Å². The van der Waals surface area contributed by atoms with Crippen molar-refractivity contribution in [2.45, 2.75) is 167 Å². The first-order valence-corrected chi connectivity index (χ1v) is 21.9. The monoisotopic (exact) mass is 797 g/mol. The molecule has 13 heteroatoms. The Labute approximate surface area is 330 Å². The predicted molar refractivity (Wildman–Crippen MR) is 218 cm³/mol. The lowest BCUT2D eigenvalue weighted by Crippen LogP contribution is -2.34. The van der Waals surface area contributed by atoms with E-state index in [1.165, 1.54) is 57.8 Å². The first-order chi connectivity index (χ1) is 26.5. The van der Waals surface area contributed by atoms with Gasteiger partial charge < -0.3 is 30.3 Å². The van der Waals surface area contributed by atoms with Crippen molar-refractivity contribution in [2.24, 2.45) is 5.73 Å². The summed E-state index contributed by atoms with van der Waals surface area (Å²) >= 11 is 0. The van der Waals surface area contributed by atoms with Gasteiger partial charge in [-0.1, -0.05) is 152 Å². The third-order valence-corrected chi connectivity index (χ3v) is 9.33. The summed E-state index contributed by atoms with van der Waals surface area (Å²) in [6, 6.07) is -1.55. The molecule has 0 fully saturated rings. The molecule has 2 unspecified atom stereocenters. The van der Waals surface area contributed by atoms with Crippen LogP contribution in [-0.2, 0) is 37.5 Å². The third kappa shape index (κ3) is 36.5. The van der Waals surface area contributed by atoms with E-state index in [9.17, 15) is 28.9 Å². The highest BCUT2D eigenvalue weighted by molar-refractivity contribution is 7.47. The van der Waals surface area contributed by atoms with Gasteiger partial charge in [0, 0.05) is 12.8 Å². The molecule has 5 N–H and O–H groups in total. The van der Waals surface area contributed by atoms with Gasteiger partial charge in [-0.3, -0.25) is 23.4 Å². The molecule has 316 valence electrons. The van der Waals surface area contributed by atoms with Crippen LogP contribution in [0.5, 0.6) is 0 Å². The maximum absolute atomic E-state index is 12.6. The number of hydrogen-bond acceptors (Lipinski definition) is 10. The van der Waals surface area contributed by atoms with Gasteiger partial charge in [0.05, 0.1) is 19.3 Å². The normalized spacial score (nSPS) is 15.0. The summed E-state index contributed by atoms with van der Waals surface area (Å²) in [7, 11) is -4.76. The van der Waals surface area contributed by atoms with Crippen LogP contribution in [0, 0.1) is 0 Å². The molecule has 0 aliphatic heterocycles. The Morgan fingerprint density at radius 3 is 1.73 bits per heavy atom. The number of aliphatic hydroxyl groups excluding tert-OH is 1. The molecule has 0 amide bonds. The van der Waals surface area contributed by atoms with E-state index in [0.29, 0.717) is 19.3 Å². The van der Waals surface area contributed by atoms with Gasteiger partial charge in [0.15, 0.2) is 6.10 Å². The van der Waals surface area contributed by atoms with Crippen LogP contribution in [0.3, 0.4) is 0 Å². The van der Waals surface area contributed by atoms with Crippen molar-refractivity contribution in [3.05, 3.63) is 60.8 Å². The Morgan fingerprint density at radius 1 is 0.655 bits per heavy atom. The molecule has 0 aromatic rings. The van der Waals surface area contributed by atoms with Crippen LogP contribution in [0.2, 0.25) is 0 Å². The number of allylic oxidation sites excluding steroid dienone is 9. The molecule has 12 nitrogen and oxygen atoms in total. The van der Waals surface area contributed by atoms with Gasteiger partial charge in [-0.15, -0.1) is 0 Å². The molecule has 0 rings (SSSR count). The van der Waals surface area contributed by atoms with E-state index in [4.69, 9.17) is 24.8 Å². The van der Waals surface area contributed by atoms with Crippen LogP contribution in [0.4, 0.5) is 0 Å². The number of ether oxygens (including phenoxy) is 2. The highest BCUT2D eigenvalue weighted by atomic mass is 31.2. The number of carbonyl (C=O) groups excluding carboxylic acids is 2. The molecule has 0 saturated carbocycles. The second kappa shape index (κ2) is 36.8. The lowest BCUT2D eigenvalue weighted by atomic mass is 10.0. The Balaban J connectivity index is 4.60. The molecule has 0 saturated heterocycles. The lowest BCUT2D eigenvalue weighted by molar-refractivity contribution is -0.161. The molecule has 0 heterocycles. The van der Waals surface area contributed by atoms with Gasteiger partial charge in [0.2, 0.25) is 0 Å². The summed E-state index contributed by atoms with van der Waals surface area (Å²) in [5.41, 5.74) is 5.31. The fraction of sp³-hybridized carbons (Fsp3) is 0.690. The van der Waals surface area contributed by atoms with Crippen molar-refractivity contribution in [2.75, 3.05) is 19.8 Å². The number of carboxylic acid groups (broad SMARTS) is 1. The molecule has 0 aliphatic carbocycles. The first-order valence-electron chi connectivity index (χ1n) is 20.4. The molecule has 0 radical (unpaired) electrons. The van der Waals surface area contributed by atoms with Crippen molar-refractivity contribution in [1.82, 2.24) is 0 Å². The molecule has 0 aromatic heterocycles. The maximum atomic E-state index is 12.6. The zero-order chi connectivity index (χ0) is 40.8. The number of aliphatic carboxylic acids is 1.